The lowest BCUT2D eigenvalue weighted by molar-refractivity contribution is -0.895. The van der Waals surface area contributed by atoms with Crippen LogP contribution in [0, 0.1) is 0 Å². The van der Waals surface area contributed by atoms with Crippen LogP contribution in [0.1, 0.15) is 40.2 Å². The van der Waals surface area contributed by atoms with Crippen molar-refractivity contribution in [1.29, 1.82) is 0 Å². The number of quaternary nitrogens is 1. The molecule has 0 aliphatic rings. The average molecular weight is 313 g/mol. The molecule has 0 heterocycles. The number of benzene rings is 1. The van der Waals surface area contributed by atoms with Crippen LogP contribution < -0.4 is 9.62 Å². The first-order valence-corrected chi connectivity index (χ1v) is 9.12. The lowest BCUT2D eigenvalue weighted by Gasteiger charge is -2.19. The van der Waals surface area contributed by atoms with Crippen LogP contribution in [0.3, 0.4) is 0 Å². The third-order valence-electron chi connectivity index (χ3n) is 3.80. The van der Waals surface area contributed by atoms with Gasteiger partial charge in [-0.2, -0.15) is 0 Å². The van der Waals surface area contributed by atoms with Crippen LogP contribution in [-0.4, -0.2) is 34.6 Å². The first-order valence-electron chi connectivity index (χ1n) is 7.64. The SMILES string of the molecule is CC[NH+](CC)CCNS(=O)(=O)c1ccc(C(C)(C)C)cc1. The minimum atomic E-state index is -3.40. The van der Waals surface area contributed by atoms with E-state index in [0.29, 0.717) is 11.4 Å². The zero-order valence-electron chi connectivity index (χ0n) is 13.9. The van der Waals surface area contributed by atoms with Crippen molar-refractivity contribution in [1.82, 2.24) is 4.72 Å². The molecule has 120 valence electrons. The van der Waals surface area contributed by atoms with Gasteiger partial charge in [-0.05, 0) is 37.0 Å². The van der Waals surface area contributed by atoms with Gasteiger partial charge in [0, 0.05) is 0 Å². The number of nitrogens with one attached hydrogen (secondary N) is 2. The molecule has 0 radical (unpaired) electrons. The number of hydrogen-bond acceptors (Lipinski definition) is 2. The zero-order chi connectivity index (χ0) is 16.1. The number of hydrogen-bond donors (Lipinski definition) is 2. The molecule has 1 rings (SSSR count). The molecule has 0 amide bonds. The number of likely N-dealkylation sites (N-methyl/N-ethyl adjacent to an activating group) is 1. The Morgan fingerprint density at radius 1 is 1.05 bits per heavy atom. The molecule has 0 spiro atoms. The molecular formula is C16H29N2O2S+. The summed E-state index contributed by atoms with van der Waals surface area (Å²) in [4.78, 5) is 1.73. The summed E-state index contributed by atoms with van der Waals surface area (Å²) in [5.41, 5.74) is 1.16. The number of rotatable bonds is 7. The van der Waals surface area contributed by atoms with E-state index in [4.69, 9.17) is 0 Å². The molecule has 21 heavy (non-hydrogen) atoms. The molecule has 0 fully saturated rings. The van der Waals surface area contributed by atoms with Crippen molar-refractivity contribution in [3.8, 4) is 0 Å². The summed E-state index contributed by atoms with van der Waals surface area (Å²) in [7, 11) is -3.40. The Morgan fingerprint density at radius 2 is 1.57 bits per heavy atom. The van der Waals surface area contributed by atoms with Gasteiger partial charge in [0.15, 0.2) is 0 Å². The Kier molecular flexibility index (Phi) is 6.38. The second kappa shape index (κ2) is 7.38. The normalized spacial score (nSPS) is 12.9. The third-order valence-corrected chi connectivity index (χ3v) is 5.28. The molecule has 4 nitrogen and oxygen atoms in total. The highest BCUT2D eigenvalue weighted by Gasteiger charge is 2.17. The maximum absolute atomic E-state index is 12.2. The molecule has 0 aliphatic heterocycles. The van der Waals surface area contributed by atoms with E-state index in [-0.39, 0.29) is 5.41 Å². The fourth-order valence-electron chi connectivity index (χ4n) is 2.18. The second-order valence-corrected chi connectivity index (χ2v) is 8.15. The molecule has 1 aromatic rings. The van der Waals surface area contributed by atoms with Crippen LogP contribution in [0.5, 0.6) is 0 Å². The predicted octanol–water partition coefficient (Wildman–Crippen LogP) is 1.19. The van der Waals surface area contributed by atoms with E-state index >= 15 is 0 Å². The van der Waals surface area contributed by atoms with Crippen molar-refractivity contribution in [2.24, 2.45) is 0 Å². The van der Waals surface area contributed by atoms with Gasteiger partial charge in [-0.1, -0.05) is 32.9 Å². The molecule has 0 atom stereocenters. The van der Waals surface area contributed by atoms with Gasteiger partial charge in [0.1, 0.15) is 0 Å². The first-order chi connectivity index (χ1) is 9.70. The van der Waals surface area contributed by atoms with Crippen LogP contribution in [0.2, 0.25) is 0 Å². The summed E-state index contributed by atoms with van der Waals surface area (Å²) in [5.74, 6) is 0. The molecule has 0 unspecified atom stereocenters. The van der Waals surface area contributed by atoms with Gasteiger partial charge in [-0.25, -0.2) is 13.1 Å². The molecule has 0 saturated carbocycles. The van der Waals surface area contributed by atoms with Crippen molar-refractivity contribution >= 4 is 10.0 Å². The minimum absolute atomic E-state index is 0.0296. The molecule has 0 bridgehead atoms. The Labute approximate surface area is 129 Å². The van der Waals surface area contributed by atoms with Gasteiger partial charge in [-0.3, -0.25) is 0 Å². The van der Waals surface area contributed by atoms with Gasteiger partial charge in [0.25, 0.3) is 0 Å². The maximum atomic E-state index is 12.2. The minimum Gasteiger partial charge on any atom is -0.334 e. The van der Waals surface area contributed by atoms with Gasteiger partial charge in [-0.15, -0.1) is 0 Å². The summed E-state index contributed by atoms with van der Waals surface area (Å²) in [6.07, 6.45) is 0. The van der Waals surface area contributed by atoms with E-state index in [1.165, 1.54) is 4.90 Å². The molecular weight excluding hydrogens is 284 g/mol. The fourth-order valence-corrected chi connectivity index (χ4v) is 3.21. The van der Waals surface area contributed by atoms with E-state index in [1.54, 1.807) is 12.1 Å². The topological polar surface area (TPSA) is 50.6 Å². The van der Waals surface area contributed by atoms with Gasteiger partial charge in [0.05, 0.1) is 31.1 Å². The predicted molar refractivity (Wildman–Crippen MR) is 87.2 cm³/mol. The van der Waals surface area contributed by atoms with Crippen LogP contribution >= 0.6 is 0 Å². The van der Waals surface area contributed by atoms with Crippen LogP contribution in [0.15, 0.2) is 29.2 Å². The molecule has 0 saturated heterocycles. The van der Waals surface area contributed by atoms with Crippen LogP contribution in [0.25, 0.3) is 0 Å². The Balaban J connectivity index is 2.71. The highest BCUT2D eigenvalue weighted by atomic mass is 32.2. The van der Waals surface area contributed by atoms with Crippen molar-refractivity contribution in [2.75, 3.05) is 26.2 Å². The average Bonchev–Trinajstić information content (AvgIpc) is 2.43. The third kappa shape index (κ3) is 5.41. The first kappa shape index (κ1) is 18.1. The Bertz CT molecular complexity index is 526. The summed E-state index contributed by atoms with van der Waals surface area (Å²) in [5, 5.41) is 0. The van der Waals surface area contributed by atoms with E-state index in [0.717, 1.165) is 25.2 Å². The van der Waals surface area contributed by atoms with Gasteiger partial charge >= 0.3 is 0 Å². The highest BCUT2D eigenvalue weighted by molar-refractivity contribution is 7.89. The van der Waals surface area contributed by atoms with E-state index in [9.17, 15) is 8.42 Å². The van der Waals surface area contributed by atoms with E-state index < -0.39 is 10.0 Å². The van der Waals surface area contributed by atoms with Crippen molar-refractivity contribution in [3.63, 3.8) is 0 Å². The fraction of sp³-hybridized carbons (Fsp3) is 0.625. The Hall–Kier alpha value is -0.910. The summed E-state index contributed by atoms with van der Waals surface area (Å²) < 4.78 is 27.1. The van der Waals surface area contributed by atoms with Gasteiger partial charge < -0.3 is 4.90 Å². The molecule has 5 heteroatoms. The summed E-state index contributed by atoms with van der Waals surface area (Å²) in [6.45, 7) is 13.9. The quantitative estimate of drug-likeness (QED) is 0.794. The molecule has 2 N–H and O–H groups in total. The van der Waals surface area contributed by atoms with Crippen molar-refractivity contribution in [2.45, 2.75) is 44.9 Å². The summed E-state index contributed by atoms with van der Waals surface area (Å²) >= 11 is 0. The molecule has 0 aliphatic carbocycles. The van der Waals surface area contributed by atoms with Gasteiger partial charge in [0.2, 0.25) is 10.0 Å². The summed E-state index contributed by atoms with van der Waals surface area (Å²) in [6, 6.07) is 7.16. The largest absolute Gasteiger partial charge is 0.334 e. The van der Waals surface area contributed by atoms with E-state index in [2.05, 4.69) is 39.3 Å². The van der Waals surface area contributed by atoms with Crippen molar-refractivity contribution < 1.29 is 13.3 Å². The van der Waals surface area contributed by atoms with Crippen LogP contribution in [-0.2, 0) is 15.4 Å². The van der Waals surface area contributed by atoms with E-state index in [1.807, 2.05) is 12.1 Å². The highest BCUT2D eigenvalue weighted by Crippen LogP contribution is 2.23. The molecule has 1 aromatic carbocycles. The smallest absolute Gasteiger partial charge is 0.240 e. The Morgan fingerprint density at radius 3 is 2.00 bits per heavy atom. The monoisotopic (exact) mass is 313 g/mol. The van der Waals surface area contributed by atoms with Crippen LogP contribution in [0.4, 0.5) is 0 Å². The molecule has 0 aromatic heterocycles. The maximum Gasteiger partial charge on any atom is 0.240 e. The number of sulfonamides is 1. The lowest BCUT2D eigenvalue weighted by atomic mass is 9.87. The standard InChI is InChI=1S/C16H28N2O2S/c1-6-18(7-2)13-12-17-21(19,20)15-10-8-14(9-11-15)16(3,4)5/h8-11,17H,6-7,12-13H2,1-5H3/p+1. The zero-order valence-corrected chi connectivity index (χ0v) is 14.7. The van der Waals surface area contributed by atoms with Crippen molar-refractivity contribution in [3.05, 3.63) is 29.8 Å². The second-order valence-electron chi connectivity index (χ2n) is 6.38. The lowest BCUT2D eigenvalue weighted by Crippen LogP contribution is -3.12.